The maximum absolute atomic E-state index is 13.5. The van der Waals surface area contributed by atoms with Crippen molar-refractivity contribution in [3.63, 3.8) is 0 Å². The van der Waals surface area contributed by atoms with Gasteiger partial charge in [0, 0.05) is 30.4 Å². The first-order valence-corrected chi connectivity index (χ1v) is 6.40. The molecule has 0 aliphatic rings. The van der Waals surface area contributed by atoms with Gasteiger partial charge in [0.1, 0.15) is 11.6 Å². The van der Waals surface area contributed by atoms with Gasteiger partial charge in [0.15, 0.2) is 0 Å². The maximum Gasteiger partial charge on any atom is 0.125 e. The van der Waals surface area contributed by atoms with Gasteiger partial charge in [-0.05, 0) is 35.9 Å². The summed E-state index contributed by atoms with van der Waals surface area (Å²) >= 11 is 5.76. The van der Waals surface area contributed by atoms with E-state index in [0.29, 0.717) is 0 Å². The van der Waals surface area contributed by atoms with E-state index in [1.54, 1.807) is 7.11 Å². The molecule has 2 aromatic rings. The molecule has 100 valence electrons. The van der Waals surface area contributed by atoms with Gasteiger partial charge in [0.25, 0.3) is 0 Å². The molecule has 0 spiro atoms. The summed E-state index contributed by atoms with van der Waals surface area (Å²) in [7, 11) is 3.49. The Balaban J connectivity index is 2.37. The van der Waals surface area contributed by atoms with Crippen molar-refractivity contribution in [1.29, 1.82) is 0 Å². The number of hydrogen-bond acceptors (Lipinski definition) is 2. The van der Waals surface area contributed by atoms with Gasteiger partial charge < -0.3 is 9.64 Å². The highest BCUT2D eigenvalue weighted by Gasteiger charge is 2.08. The average molecular weight is 280 g/mol. The second-order valence-corrected chi connectivity index (χ2v) is 4.48. The highest BCUT2D eigenvalue weighted by Crippen LogP contribution is 2.28. The van der Waals surface area contributed by atoms with Crippen LogP contribution in [0.5, 0.6) is 5.75 Å². The minimum atomic E-state index is -0.289. The number of ether oxygens (including phenoxy) is 1. The van der Waals surface area contributed by atoms with Gasteiger partial charge in [-0.15, -0.1) is 11.6 Å². The van der Waals surface area contributed by atoms with Gasteiger partial charge in [0.05, 0.1) is 7.11 Å². The highest BCUT2D eigenvalue weighted by molar-refractivity contribution is 6.17. The smallest absolute Gasteiger partial charge is 0.125 e. The molecule has 0 N–H and O–H groups in total. The van der Waals surface area contributed by atoms with E-state index < -0.39 is 0 Å². The van der Waals surface area contributed by atoms with Crippen molar-refractivity contribution in [2.24, 2.45) is 0 Å². The molecule has 19 heavy (non-hydrogen) atoms. The molecule has 0 fully saturated rings. The maximum atomic E-state index is 13.5. The van der Waals surface area contributed by atoms with Crippen LogP contribution in [0.3, 0.4) is 0 Å². The lowest BCUT2D eigenvalue weighted by Gasteiger charge is -2.20. The molecule has 2 aromatic carbocycles. The summed E-state index contributed by atoms with van der Waals surface area (Å²) in [4.78, 5) is 1.89. The van der Waals surface area contributed by atoms with E-state index >= 15 is 0 Å². The molecule has 0 saturated carbocycles. The van der Waals surface area contributed by atoms with Gasteiger partial charge in [-0.3, -0.25) is 0 Å². The third-order valence-electron chi connectivity index (χ3n) is 2.92. The monoisotopic (exact) mass is 279 g/mol. The van der Waals surface area contributed by atoms with Crippen LogP contribution in [0.15, 0.2) is 42.5 Å². The van der Waals surface area contributed by atoms with Crippen LogP contribution >= 0.6 is 11.6 Å². The van der Waals surface area contributed by atoms with Crippen molar-refractivity contribution in [3.8, 4) is 5.75 Å². The Morgan fingerprint density at radius 3 is 2.63 bits per heavy atom. The predicted octanol–water partition coefficient (Wildman–Crippen LogP) is 4.34. The first-order chi connectivity index (χ1) is 9.13. The SMILES string of the molecule is COc1cccc(N(C)c2cc(F)cc(CCl)c2)c1. The molecule has 0 aliphatic heterocycles. The minimum absolute atomic E-state index is 0.288. The standard InChI is InChI=1S/C15H15ClFNO/c1-18(13-4-3-5-15(9-13)19-2)14-7-11(10-16)6-12(17)8-14/h3-9H,10H2,1-2H3. The molecule has 0 unspecified atom stereocenters. The number of benzene rings is 2. The summed E-state index contributed by atoms with van der Waals surface area (Å²) in [5, 5.41) is 0. The summed E-state index contributed by atoms with van der Waals surface area (Å²) in [6.45, 7) is 0. The van der Waals surface area contributed by atoms with Crippen LogP contribution in [-0.2, 0) is 5.88 Å². The molecule has 0 radical (unpaired) electrons. The van der Waals surface area contributed by atoms with E-state index in [-0.39, 0.29) is 11.7 Å². The van der Waals surface area contributed by atoms with E-state index in [2.05, 4.69) is 0 Å². The van der Waals surface area contributed by atoms with Crippen molar-refractivity contribution in [3.05, 3.63) is 53.8 Å². The summed E-state index contributed by atoms with van der Waals surface area (Å²) < 4.78 is 18.7. The summed E-state index contributed by atoms with van der Waals surface area (Å²) in [5.41, 5.74) is 2.43. The second-order valence-electron chi connectivity index (χ2n) is 4.21. The van der Waals surface area contributed by atoms with Gasteiger partial charge in [0.2, 0.25) is 0 Å². The van der Waals surface area contributed by atoms with Gasteiger partial charge in [-0.25, -0.2) is 4.39 Å². The van der Waals surface area contributed by atoms with E-state index in [1.165, 1.54) is 12.1 Å². The van der Waals surface area contributed by atoms with Crippen LogP contribution in [0.2, 0.25) is 0 Å². The van der Waals surface area contributed by atoms with Crippen molar-refractivity contribution >= 4 is 23.0 Å². The molecular weight excluding hydrogens is 265 g/mol. The van der Waals surface area contributed by atoms with E-state index in [9.17, 15) is 4.39 Å². The number of hydrogen-bond donors (Lipinski definition) is 0. The Morgan fingerprint density at radius 1 is 1.16 bits per heavy atom. The second kappa shape index (κ2) is 5.93. The largest absolute Gasteiger partial charge is 0.497 e. The van der Waals surface area contributed by atoms with Crippen LogP contribution in [0, 0.1) is 5.82 Å². The fourth-order valence-corrected chi connectivity index (χ4v) is 2.03. The third-order valence-corrected chi connectivity index (χ3v) is 3.23. The van der Waals surface area contributed by atoms with Gasteiger partial charge >= 0.3 is 0 Å². The van der Waals surface area contributed by atoms with Gasteiger partial charge in [-0.1, -0.05) is 6.07 Å². The lowest BCUT2D eigenvalue weighted by Crippen LogP contribution is -2.10. The first kappa shape index (κ1) is 13.7. The molecule has 2 rings (SSSR count). The lowest BCUT2D eigenvalue weighted by atomic mass is 10.2. The highest BCUT2D eigenvalue weighted by atomic mass is 35.5. The zero-order valence-corrected chi connectivity index (χ0v) is 11.6. The van der Waals surface area contributed by atoms with Gasteiger partial charge in [-0.2, -0.15) is 0 Å². The quantitative estimate of drug-likeness (QED) is 0.772. The number of anilines is 2. The molecule has 0 bridgehead atoms. The Morgan fingerprint density at radius 2 is 1.95 bits per heavy atom. The number of rotatable bonds is 4. The van der Waals surface area contributed by atoms with Crippen molar-refractivity contribution in [2.45, 2.75) is 5.88 Å². The summed E-state index contributed by atoms with van der Waals surface area (Å²) in [5.74, 6) is 0.762. The molecule has 0 aliphatic carbocycles. The Kier molecular flexibility index (Phi) is 4.27. The van der Waals surface area contributed by atoms with E-state index in [4.69, 9.17) is 16.3 Å². The van der Waals surface area contributed by atoms with E-state index in [0.717, 1.165) is 22.7 Å². The first-order valence-electron chi connectivity index (χ1n) is 5.87. The fraction of sp³-hybridized carbons (Fsp3) is 0.200. The normalized spacial score (nSPS) is 10.3. The molecule has 0 aromatic heterocycles. The number of methoxy groups -OCH3 is 1. The van der Waals surface area contributed by atoms with Crippen molar-refractivity contribution < 1.29 is 9.13 Å². The third kappa shape index (κ3) is 3.18. The Hall–Kier alpha value is -1.74. The molecule has 0 saturated heterocycles. The van der Waals surface area contributed by atoms with E-state index in [1.807, 2.05) is 42.3 Å². The lowest BCUT2D eigenvalue weighted by molar-refractivity contribution is 0.415. The minimum Gasteiger partial charge on any atom is -0.497 e. The van der Waals surface area contributed by atoms with Crippen LogP contribution in [0.25, 0.3) is 0 Å². The number of alkyl halides is 1. The fourth-order valence-electron chi connectivity index (χ4n) is 1.87. The summed E-state index contributed by atoms with van der Waals surface area (Å²) in [6, 6.07) is 12.4. The zero-order chi connectivity index (χ0) is 13.8. The molecular formula is C15H15ClFNO. The predicted molar refractivity (Wildman–Crippen MR) is 77.0 cm³/mol. The van der Waals surface area contributed by atoms with Crippen LogP contribution in [0.4, 0.5) is 15.8 Å². The number of nitrogens with zero attached hydrogens (tertiary/aromatic N) is 1. The molecule has 0 amide bonds. The van der Waals surface area contributed by atoms with Crippen LogP contribution in [-0.4, -0.2) is 14.2 Å². The summed E-state index contributed by atoms with van der Waals surface area (Å²) in [6.07, 6.45) is 0. The Bertz CT molecular complexity index is 574. The van der Waals surface area contributed by atoms with Crippen molar-refractivity contribution in [2.75, 3.05) is 19.1 Å². The zero-order valence-electron chi connectivity index (χ0n) is 10.9. The molecule has 2 nitrogen and oxygen atoms in total. The molecule has 0 atom stereocenters. The number of halogens is 2. The topological polar surface area (TPSA) is 12.5 Å². The van der Waals surface area contributed by atoms with Crippen LogP contribution < -0.4 is 9.64 Å². The Labute approximate surface area is 117 Å². The average Bonchev–Trinajstić information content (AvgIpc) is 2.45. The van der Waals surface area contributed by atoms with Crippen LogP contribution in [0.1, 0.15) is 5.56 Å². The molecule has 0 heterocycles. The van der Waals surface area contributed by atoms with Crippen molar-refractivity contribution in [1.82, 2.24) is 0 Å². The molecule has 4 heteroatoms.